The molecular weight excluding hydrogens is 219 g/mol. The monoisotopic (exact) mass is 230 g/mol. The van der Waals surface area contributed by atoms with E-state index in [1.54, 1.807) is 0 Å². The number of hydrogen-bond acceptors (Lipinski definition) is 3. The summed E-state index contributed by atoms with van der Waals surface area (Å²) in [6.45, 7) is 0.438. The first kappa shape index (κ1) is 10.2. The summed E-state index contributed by atoms with van der Waals surface area (Å²) >= 11 is 0. The van der Waals surface area contributed by atoms with Crippen molar-refractivity contribution < 1.29 is 12.8 Å². The highest BCUT2D eigenvalue weighted by Crippen LogP contribution is 2.26. The molecular formula is C9H11FN2O2S. The van der Waals surface area contributed by atoms with Gasteiger partial charge in [-0.1, -0.05) is 0 Å². The quantitative estimate of drug-likeness (QED) is 0.730. The number of benzene rings is 1. The van der Waals surface area contributed by atoms with Crippen LogP contribution in [-0.2, 0) is 10.0 Å². The summed E-state index contributed by atoms with van der Waals surface area (Å²) in [4.78, 5) is 0. The SMILES string of the molecule is Nc1cc(N2CCCS2(=O)=O)ccc1F. The van der Waals surface area contributed by atoms with Gasteiger partial charge in [0.2, 0.25) is 10.0 Å². The van der Waals surface area contributed by atoms with E-state index >= 15 is 0 Å². The first-order chi connectivity index (χ1) is 7.00. The number of anilines is 2. The van der Waals surface area contributed by atoms with Crippen molar-refractivity contribution in [3.05, 3.63) is 24.0 Å². The molecule has 15 heavy (non-hydrogen) atoms. The lowest BCUT2D eigenvalue weighted by Crippen LogP contribution is -2.25. The van der Waals surface area contributed by atoms with Gasteiger partial charge < -0.3 is 5.73 Å². The Morgan fingerprint density at radius 1 is 1.40 bits per heavy atom. The molecule has 0 bridgehead atoms. The third kappa shape index (κ3) is 1.77. The molecule has 0 atom stereocenters. The fourth-order valence-electron chi connectivity index (χ4n) is 1.62. The largest absolute Gasteiger partial charge is 0.396 e. The molecule has 2 N–H and O–H groups in total. The van der Waals surface area contributed by atoms with E-state index < -0.39 is 15.8 Å². The third-order valence-corrected chi connectivity index (χ3v) is 4.24. The summed E-state index contributed by atoms with van der Waals surface area (Å²) in [6, 6.07) is 3.95. The molecule has 1 heterocycles. The van der Waals surface area contributed by atoms with Gasteiger partial charge in [0.25, 0.3) is 0 Å². The molecule has 1 saturated heterocycles. The lowest BCUT2D eigenvalue weighted by atomic mass is 10.2. The van der Waals surface area contributed by atoms with Crippen molar-refractivity contribution >= 4 is 21.4 Å². The Kier molecular flexibility index (Phi) is 2.30. The number of nitrogen functional groups attached to an aromatic ring is 1. The van der Waals surface area contributed by atoms with E-state index in [2.05, 4.69) is 0 Å². The van der Waals surface area contributed by atoms with Crippen molar-refractivity contribution in [2.24, 2.45) is 0 Å². The van der Waals surface area contributed by atoms with Crippen LogP contribution < -0.4 is 10.0 Å². The molecule has 0 aromatic heterocycles. The molecule has 0 spiro atoms. The zero-order valence-corrected chi connectivity index (χ0v) is 8.80. The molecule has 0 amide bonds. The van der Waals surface area contributed by atoms with Gasteiger partial charge in [0, 0.05) is 6.54 Å². The first-order valence-corrected chi connectivity index (χ1v) is 6.17. The molecule has 82 valence electrons. The number of hydrogen-bond donors (Lipinski definition) is 1. The molecule has 1 aromatic carbocycles. The predicted octanol–water partition coefficient (Wildman–Crippen LogP) is 0.948. The number of halogens is 1. The van der Waals surface area contributed by atoms with Crippen LogP contribution in [0.25, 0.3) is 0 Å². The predicted molar refractivity (Wildman–Crippen MR) is 56.6 cm³/mol. The second kappa shape index (κ2) is 3.37. The van der Waals surface area contributed by atoms with Crippen LogP contribution in [0.3, 0.4) is 0 Å². The molecule has 0 aliphatic carbocycles. The molecule has 6 heteroatoms. The van der Waals surface area contributed by atoms with Gasteiger partial charge in [-0.15, -0.1) is 0 Å². The summed E-state index contributed by atoms with van der Waals surface area (Å²) in [5, 5.41) is 0. The Labute approximate surface area is 87.5 Å². The topological polar surface area (TPSA) is 63.4 Å². The van der Waals surface area contributed by atoms with Crippen LogP contribution in [0.15, 0.2) is 18.2 Å². The van der Waals surface area contributed by atoms with E-state index in [4.69, 9.17) is 5.73 Å². The Morgan fingerprint density at radius 3 is 2.67 bits per heavy atom. The third-order valence-electron chi connectivity index (χ3n) is 2.37. The Hall–Kier alpha value is -1.30. The Bertz CT molecular complexity index is 487. The van der Waals surface area contributed by atoms with Gasteiger partial charge in [-0.3, -0.25) is 4.31 Å². The highest BCUT2D eigenvalue weighted by Gasteiger charge is 2.28. The maximum atomic E-state index is 12.9. The minimum atomic E-state index is -3.21. The summed E-state index contributed by atoms with van der Waals surface area (Å²) in [5.41, 5.74) is 5.78. The molecule has 1 aliphatic rings. The van der Waals surface area contributed by atoms with Gasteiger partial charge in [0.1, 0.15) is 5.82 Å². The number of nitrogens with zero attached hydrogens (tertiary/aromatic N) is 1. The molecule has 4 nitrogen and oxygen atoms in total. The van der Waals surface area contributed by atoms with Crippen molar-refractivity contribution in [2.45, 2.75) is 6.42 Å². The van der Waals surface area contributed by atoms with Crippen LogP contribution in [0.5, 0.6) is 0 Å². The van der Waals surface area contributed by atoms with Gasteiger partial charge in [-0.05, 0) is 24.6 Å². The average molecular weight is 230 g/mol. The van der Waals surface area contributed by atoms with E-state index in [9.17, 15) is 12.8 Å². The van der Waals surface area contributed by atoms with Crippen LogP contribution >= 0.6 is 0 Å². The van der Waals surface area contributed by atoms with Crippen LogP contribution in [0.4, 0.5) is 15.8 Å². The lowest BCUT2D eigenvalue weighted by Gasteiger charge is -2.17. The highest BCUT2D eigenvalue weighted by atomic mass is 32.2. The highest BCUT2D eigenvalue weighted by molar-refractivity contribution is 7.93. The molecule has 0 saturated carbocycles. The number of sulfonamides is 1. The molecule has 0 radical (unpaired) electrons. The maximum absolute atomic E-state index is 12.9. The molecule has 1 aromatic rings. The fraction of sp³-hybridized carbons (Fsp3) is 0.333. The summed E-state index contributed by atoms with van der Waals surface area (Å²) < 4.78 is 37.3. The lowest BCUT2D eigenvalue weighted by molar-refractivity contribution is 0.599. The van der Waals surface area contributed by atoms with Crippen LogP contribution in [0, 0.1) is 5.82 Å². The number of nitrogens with two attached hydrogens (primary N) is 1. The van der Waals surface area contributed by atoms with Gasteiger partial charge in [-0.2, -0.15) is 0 Å². The van der Waals surface area contributed by atoms with Crippen molar-refractivity contribution in [3.63, 3.8) is 0 Å². The summed E-state index contributed by atoms with van der Waals surface area (Å²) in [7, 11) is -3.21. The zero-order chi connectivity index (χ0) is 11.1. The normalized spacial score (nSPS) is 19.4. The second-order valence-electron chi connectivity index (χ2n) is 3.45. The maximum Gasteiger partial charge on any atom is 0.235 e. The van der Waals surface area contributed by atoms with Gasteiger partial charge in [-0.25, -0.2) is 12.8 Å². The second-order valence-corrected chi connectivity index (χ2v) is 5.46. The fourth-order valence-corrected chi connectivity index (χ4v) is 3.17. The molecule has 0 unspecified atom stereocenters. The van der Waals surface area contributed by atoms with Crippen LogP contribution in [-0.4, -0.2) is 20.7 Å². The zero-order valence-electron chi connectivity index (χ0n) is 7.98. The molecule has 2 rings (SSSR count). The van der Waals surface area contributed by atoms with Crippen molar-refractivity contribution in [2.75, 3.05) is 22.3 Å². The minimum Gasteiger partial charge on any atom is -0.396 e. The van der Waals surface area contributed by atoms with Crippen molar-refractivity contribution in [1.82, 2.24) is 0 Å². The standard InChI is InChI=1S/C9H11FN2O2S/c10-8-3-2-7(6-9(8)11)12-4-1-5-15(12,13)14/h2-3,6H,1,4-5,11H2. The Balaban J connectivity index is 2.42. The van der Waals surface area contributed by atoms with E-state index in [1.807, 2.05) is 0 Å². The smallest absolute Gasteiger partial charge is 0.235 e. The van der Waals surface area contributed by atoms with E-state index in [0.717, 1.165) is 0 Å². The van der Waals surface area contributed by atoms with E-state index in [1.165, 1.54) is 22.5 Å². The van der Waals surface area contributed by atoms with Crippen molar-refractivity contribution in [3.8, 4) is 0 Å². The minimum absolute atomic E-state index is 0.0328. The van der Waals surface area contributed by atoms with E-state index in [0.29, 0.717) is 18.7 Å². The van der Waals surface area contributed by atoms with Gasteiger partial charge in [0.05, 0.1) is 17.1 Å². The molecule has 1 fully saturated rings. The first-order valence-electron chi connectivity index (χ1n) is 4.56. The van der Waals surface area contributed by atoms with Crippen LogP contribution in [0.1, 0.15) is 6.42 Å². The van der Waals surface area contributed by atoms with Crippen LogP contribution in [0.2, 0.25) is 0 Å². The van der Waals surface area contributed by atoms with Gasteiger partial charge >= 0.3 is 0 Å². The van der Waals surface area contributed by atoms with Crippen molar-refractivity contribution in [1.29, 1.82) is 0 Å². The molecule has 1 aliphatic heterocycles. The average Bonchev–Trinajstić information content (AvgIpc) is 2.50. The number of rotatable bonds is 1. The summed E-state index contributed by atoms with van der Waals surface area (Å²) in [6.07, 6.45) is 0.597. The Morgan fingerprint density at radius 2 is 2.13 bits per heavy atom. The summed E-state index contributed by atoms with van der Waals surface area (Å²) in [5.74, 6) is -0.389. The van der Waals surface area contributed by atoms with Gasteiger partial charge in [0.15, 0.2) is 0 Å². The van der Waals surface area contributed by atoms with E-state index in [-0.39, 0.29) is 11.4 Å².